The van der Waals surface area contributed by atoms with Crippen LogP contribution in [0.1, 0.15) is 36.9 Å². The van der Waals surface area contributed by atoms with Gasteiger partial charge in [0, 0.05) is 17.9 Å². The minimum absolute atomic E-state index is 0.170. The summed E-state index contributed by atoms with van der Waals surface area (Å²) in [5.41, 5.74) is 0.613. The first-order chi connectivity index (χ1) is 17.0. The van der Waals surface area contributed by atoms with E-state index >= 15 is 0 Å². The second-order valence-electron chi connectivity index (χ2n) is 9.42. The summed E-state index contributed by atoms with van der Waals surface area (Å²) >= 11 is 7.04. The Hall–Kier alpha value is -3.31. The highest BCUT2D eigenvalue weighted by molar-refractivity contribution is 7.18. The molecular weight excluding hydrogens is 508 g/mol. The molecule has 2 aliphatic heterocycles. The quantitative estimate of drug-likeness (QED) is 0.582. The number of hydrogen-bond donors (Lipinski definition) is 2. The highest BCUT2D eigenvalue weighted by Crippen LogP contribution is 2.28. The first kappa shape index (κ1) is 25.8. The van der Waals surface area contributed by atoms with Gasteiger partial charge in [-0.1, -0.05) is 11.6 Å². The van der Waals surface area contributed by atoms with E-state index in [0.717, 1.165) is 0 Å². The monoisotopic (exact) mass is 534 g/mol. The molecule has 192 valence electrons. The number of hydrogen-bond acceptors (Lipinski definition) is 7. The van der Waals surface area contributed by atoms with Gasteiger partial charge in [-0.05, 0) is 63.6 Å². The van der Waals surface area contributed by atoms with Crippen molar-refractivity contribution in [3.05, 3.63) is 45.6 Å². The topological polar surface area (TPSA) is 117 Å². The number of alkyl carbamates (subject to hydrolysis) is 1. The third-order valence-corrected chi connectivity index (χ3v) is 6.76. The van der Waals surface area contributed by atoms with Gasteiger partial charge in [0.15, 0.2) is 0 Å². The number of benzene rings is 1. The normalized spacial score (nSPS) is 19.9. The van der Waals surface area contributed by atoms with Gasteiger partial charge >= 0.3 is 12.2 Å². The summed E-state index contributed by atoms with van der Waals surface area (Å²) in [6.07, 6.45) is -1.18. The summed E-state index contributed by atoms with van der Waals surface area (Å²) < 4.78 is 11.1. The maximum Gasteiger partial charge on any atom is 0.414 e. The molecule has 4 rings (SSSR count). The Balaban J connectivity index is 1.31. The van der Waals surface area contributed by atoms with Crippen LogP contribution in [0.4, 0.5) is 21.0 Å². The molecule has 0 bridgehead atoms. The van der Waals surface area contributed by atoms with E-state index in [1.165, 1.54) is 16.2 Å². The van der Waals surface area contributed by atoms with E-state index in [1.807, 2.05) is 0 Å². The molecule has 0 aliphatic carbocycles. The number of cyclic esters (lactones) is 1. The number of ether oxygens (including phenoxy) is 2. The van der Waals surface area contributed by atoms with Gasteiger partial charge in [-0.3, -0.25) is 14.5 Å². The molecule has 0 spiro atoms. The van der Waals surface area contributed by atoms with Gasteiger partial charge in [0.1, 0.15) is 17.7 Å². The van der Waals surface area contributed by atoms with Crippen molar-refractivity contribution in [3.8, 4) is 0 Å². The molecule has 36 heavy (non-hydrogen) atoms. The molecule has 4 amide bonds. The van der Waals surface area contributed by atoms with Crippen LogP contribution in [0.15, 0.2) is 36.4 Å². The lowest BCUT2D eigenvalue weighted by Gasteiger charge is -2.22. The van der Waals surface area contributed by atoms with E-state index in [4.69, 9.17) is 21.1 Å². The van der Waals surface area contributed by atoms with Gasteiger partial charge in [0.25, 0.3) is 5.91 Å². The fourth-order valence-corrected chi connectivity index (χ4v) is 4.86. The molecule has 0 radical (unpaired) electrons. The first-order valence-electron chi connectivity index (χ1n) is 11.4. The average molecular weight is 535 g/mol. The molecule has 12 heteroatoms. The standard InChI is InChI=1S/C24H27ClN4O6S/c1-24(2,3)35-22(32)27-17-10-11-28(21(17)31)14-4-6-15(7-5-14)29-13-16(34-23(29)33)12-26-20(30)18-8-9-19(25)36-18/h4-9,16-17H,10-13H2,1-3H3,(H,26,30)(H,27,32)/t16-,17+/m0/s1. The van der Waals surface area contributed by atoms with E-state index in [0.29, 0.717) is 33.6 Å². The van der Waals surface area contributed by atoms with Crippen molar-refractivity contribution in [2.75, 3.05) is 29.4 Å². The van der Waals surface area contributed by atoms with E-state index in [-0.39, 0.29) is 24.9 Å². The second kappa shape index (κ2) is 10.4. The van der Waals surface area contributed by atoms with Gasteiger partial charge in [-0.25, -0.2) is 9.59 Å². The number of rotatable bonds is 6. The lowest BCUT2D eigenvalue weighted by atomic mass is 10.2. The molecule has 10 nitrogen and oxygen atoms in total. The summed E-state index contributed by atoms with van der Waals surface area (Å²) in [5.74, 6) is -0.502. The molecular formula is C24H27ClN4O6S. The van der Waals surface area contributed by atoms with Crippen LogP contribution in [0.2, 0.25) is 4.34 Å². The molecule has 2 fully saturated rings. The summed E-state index contributed by atoms with van der Waals surface area (Å²) in [7, 11) is 0. The van der Waals surface area contributed by atoms with Crippen LogP contribution in [0.3, 0.4) is 0 Å². The highest BCUT2D eigenvalue weighted by Gasteiger charge is 2.36. The van der Waals surface area contributed by atoms with Crippen LogP contribution in [-0.2, 0) is 14.3 Å². The number of carbonyl (C=O) groups is 4. The molecule has 1 aromatic carbocycles. The Morgan fingerprint density at radius 3 is 2.39 bits per heavy atom. The number of nitrogens with one attached hydrogen (secondary N) is 2. The minimum atomic E-state index is -0.658. The van der Waals surface area contributed by atoms with Crippen LogP contribution in [0, 0.1) is 0 Å². The third kappa shape index (κ3) is 6.08. The first-order valence-corrected chi connectivity index (χ1v) is 12.6. The molecule has 0 saturated carbocycles. The zero-order valence-corrected chi connectivity index (χ0v) is 21.6. The van der Waals surface area contributed by atoms with Crippen LogP contribution < -0.4 is 20.4 Å². The van der Waals surface area contributed by atoms with Crippen LogP contribution in [0.5, 0.6) is 0 Å². The number of anilines is 2. The van der Waals surface area contributed by atoms with Crippen molar-refractivity contribution < 1.29 is 28.7 Å². The van der Waals surface area contributed by atoms with Crippen molar-refractivity contribution >= 4 is 58.3 Å². The Labute approximate surface area is 217 Å². The van der Waals surface area contributed by atoms with Gasteiger partial charge in [-0.15, -0.1) is 11.3 Å². The Morgan fingerprint density at radius 1 is 1.11 bits per heavy atom. The Kier molecular flexibility index (Phi) is 7.41. The smallest absolute Gasteiger partial charge is 0.414 e. The molecule has 2 atom stereocenters. The van der Waals surface area contributed by atoms with Gasteiger partial charge in [0.2, 0.25) is 5.91 Å². The van der Waals surface area contributed by atoms with Crippen molar-refractivity contribution in [3.63, 3.8) is 0 Å². The fraction of sp³-hybridized carbons (Fsp3) is 0.417. The van der Waals surface area contributed by atoms with Crippen molar-refractivity contribution in [2.45, 2.75) is 44.9 Å². The lowest BCUT2D eigenvalue weighted by molar-refractivity contribution is -0.118. The molecule has 3 heterocycles. The van der Waals surface area contributed by atoms with Crippen LogP contribution >= 0.6 is 22.9 Å². The maximum atomic E-state index is 12.8. The van der Waals surface area contributed by atoms with Crippen molar-refractivity contribution in [2.24, 2.45) is 0 Å². The predicted molar refractivity (Wildman–Crippen MR) is 136 cm³/mol. The number of amides is 4. The highest BCUT2D eigenvalue weighted by atomic mass is 35.5. The van der Waals surface area contributed by atoms with Gasteiger partial charge in [-0.2, -0.15) is 0 Å². The van der Waals surface area contributed by atoms with E-state index in [2.05, 4.69) is 10.6 Å². The van der Waals surface area contributed by atoms with Crippen LogP contribution in [-0.4, -0.2) is 61.4 Å². The summed E-state index contributed by atoms with van der Waals surface area (Å²) in [5, 5.41) is 5.38. The Bertz CT molecular complexity index is 1160. The molecule has 2 aromatic rings. The summed E-state index contributed by atoms with van der Waals surface area (Å²) in [4.78, 5) is 53.0. The fourth-order valence-electron chi connectivity index (χ4n) is 3.90. The van der Waals surface area contributed by atoms with Crippen molar-refractivity contribution in [1.29, 1.82) is 0 Å². The molecule has 2 aliphatic rings. The van der Waals surface area contributed by atoms with Crippen LogP contribution in [0.25, 0.3) is 0 Å². The molecule has 1 aromatic heterocycles. The van der Waals surface area contributed by atoms with Gasteiger partial charge in [0.05, 0.1) is 22.3 Å². The minimum Gasteiger partial charge on any atom is -0.444 e. The lowest BCUT2D eigenvalue weighted by Crippen LogP contribution is -2.43. The Morgan fingerprint density at radius 2 is 1.78 bits per heavy atom. The number of thiophene rings is 1. The molecule has 0 unspecified atom stereocenters. The summed E-state index contributed by atoms with van der Waals surface area (Å²) in [6.45, 7) is 6.16. The maximum absolute atomic E-state index is 12.8. The second-order valence-corrected chi connectivity index (χ2v) is 11.1. The van der Waals surface area contributed by atoms with Crippen molar-refractivity contribution in [1.82, 2.24) is 10.6 Å². The van der Waals surface area contributed by atoms with Gasteiger partial charge < -0.3 is 25.0 Å². The molecule has 2 N–H and O–H groups in total. The zero-order chi connectivity index (χ0) is 26.0. The average Bonchev–Trinajstić information content (AvgIpc) is 3.50. The number of halogens is 1. The molecule has 2 saturated heterocycles. The van der Waals surface area contributed by atoms with E-state index in [1.54, 1.807) is 62.1 Å². The third-order valence-electron chi connectivity index (χ3n) is 5.53. The number of nitrogens with zero attached hydrogens (tertiary/aromatic N) is 2. The zero-order valence-electron chi connectivity index (χ0n) is 20.1. The number of carbonyl (C=O) groups excluding carboxylic acids is 4. The van der Waals surface area contributed by atoms with E-state index in [9.17, 15) is 19.2 Å². The SMILES string of the molecule is CC(C)(C)OC(=O)N[C@@H]1CCN(c2ccc(N3C[C@H](CNC(=O)c4ccc(Cl)s4)OC3=O)cc2)C1=O. The van der Waals surface area contributed by atoms with E-state index < -0.39 is 29.9 Å². The largest absolute Gasteiger partial charge is 0.444 e. The predicted octanol–water partition coefficient (Wildman–Crippen LogP) is 3.79. The summed E-state index contributed by atoms with van der Waals surface area (Å²) in [6, 6.07) is 9.57.